The number of nitrogens with zero attached hydrogens (tertiary/aromatic N) is 2. The number of hydrogen-bond donors (Lipinski definition) is 2. The van der Waals surface area contributed by atoms with Crippen LogP contribution < -0.4 is 10.2 Å². The molecule has 0 unspecified atom stereocenters. The lowest BCUT2D eigenvalue weighted by Gasteiger charge is -2.10. The summed E-state index contributed by atoms with van der Waals surface area (Å²) in [6, 6.07) is 5.01. The molecule has 0 fully saturated rings. The minimum Gasteiger partial charge on any atom is -0.494 e. The van der Waals surface area contributed by atoms with Gasteiger partial charge < -0.3 is 19.2 Å². The predicted molar refractivity (Wildman–Crippen MR) is 84.0 cm³/mol. The molecular formula is C15H21BN2O4. The summed E-state index contributed by atoms with van der Waals surface area (Å²) in [5.74, 6) is 1.45. The molecule has 22 heavy (non-hydrogen) atoms. The van der Waals surface area contributed by atoms with Gasteiger partial charge in [-0.25, -0.2) is 0 Å². The average Bonchev–Trinajstić information content (AvgIpc) is 2.96. The van der Waals surface area contributed by atoms with Crippen LogP contribution in [0.5, 0.6) is 5.75 Å². The summed E-state index contributed by atoms with van der Waals surface area (Å²) < 4.78 is 11.2. The first kappa shape index (κ1) is 16.5. The van der Waals surface area contributed by atoms with E-state index in [-0.39, 0.29) is 5.89 Å². The SMILES string of the molecule is CCCCOc1ccc(B(O)O)c(-c2nnc(CCC)o2)c1. The molecule has 2 rings (SSSR count). The Morgan fingerprint density at radius 1 is 1.18 bits per heavy atom. The first-order valence-electron chi connectivity index (χ1n) is 7.61. The molecule has 2 aromatic rings. The van der Waals surface area contributed by atoms with E-state index in [1.807, 2.05) is 6.92 Å². The highest BCUT2D eigenvalue weighted by Gasteiger charge is 2.21. The molecular weight excluding hydrogens is 283 g/mol. The zero-order chi connectivity index (χ0) is 15.9. The molecule has 1 heterocycles. The molecule has 1 aromatic heterocycles. The van der Waals surface area contributed by atoms with Gasteiger partial charge in [0.1, 0.15) is 5.75 Å². The van der Waals surface area contributed by atoms with Gasteiger partial charge in [0.25, 0.3) is 0 Å². The van der Waals surface area contributed by atoms with E-state index in [2.05, 4.69) is 17.1 Å². The Balaban J connectivity index is 2.30. The van der Waals surface area contributed by atoms with E-state index in [1.165, 1.54) is 0 Å². The summed E-state index contributed by atoms with van der Waals surface area (Å²) in [6.45, 7) is 4.73. The normalized spacial score (nSPS) is 10.7. The highest BCUT2D eigenvalue weighted by Crippen LogP contribution is 2.22. The van der Waals surface area contributed by atoms with Crippen LogP contribution in [0.2, 0.25) is 0 Å². The van der Waals surface area contributed by atoms with Gasteiger partial charge in [-0.3, -0.25) is 0 Å². The molecule has 1 aromatic carbocycles. The van der Waals surface area contributed by atoms with Crippen LogP contribution in [0.3, 0.4) is 0 Å². The molecule has 0 spiro atoms. The average molecular weight is 304 g/mol. The molecule has 0 aliphatic rings. The minimum atomic E-state index is -1.61. The summed E-state index contributed by atoms with van der Waals surface area (Å²) in [4.78, 5) is 0. The second-order valence-electron chi connectivity index (χ2n) is 5.08. The van der Waals surface area contributed by atoms with Crippen molar-refractivity contribution in [1.29, 1.82) is 0 Å². The van der Waals surface area contributed by atoms with Crippen LogP contribution >= 0.6 is 0 Å². The first-order valence-corrected chi connectivity index (χ1v) is 7.61. The molecule has 6 nitrogen and oxygen atoms in total. The molecule has 0 amide bonds. The number of ether oxygens (including phenoxy) is 1. The van der Waals surface area contributed by atoms with Gasteiger partial charge in [-0.05, 0) is 30.4 Å². The summed E-state index contributed by atoms with van der Waals surface area (Å²) in [7, 11) is -1.61. The van der Waals surface area contributed by atoms with E-state index >= 15 is 0 Å². The molecule has 7 heteroatoms. The van der Waals surface area contributed by atoms with Crippen molar-refractivity contribution in [3.05, 3.63) is 24.1 Å². The van der Waals surface area contributed by atoms with Crippen molar-refractivity contribution in [3.8, 4) is 17.2 Å². The number of unbranched alkanes of at least 4 members (excludes halogenated alkanes) is 1. The lowest BCUT2D eigenvalue weighted by atomic mass is 9.77. The summed E-state index contributed by atoms with van der Waals surface area (Å²) in [5, 5.41) is 27.0. The summed E-state index contributed by atoms with van der Waals surface area (Å²) in [6.07, 6.45) is 3.60. The van der Waals surface area contributed by atoms with Crippen molar-refractivity contribution in [2.75, 3.05) is 6.61 Å². The van der Waals surface area contributed by atoms with Crippen LogP contribution in [0, 0.1) is 0 Å². The molecule has 0 radical (unpaired) electrons. The highest BCUT2D eigenvalue weighted by molar-refractivity contribution is 6.60. The van der Waals surface area contributed by atoms with Gasteiger partial charge in [-0.2, -0.15) is 0 Å². The minimum absolute atomic E-state index is 0.271. The maximum atomic E-state index is 9.51. The van der Waals surface area contributed by atoms with Crippen LogP contribution in [-0.4, -0.2) is 34.0 Å². The number of rotatable bonds is 8. The molecule has 0 atom stereocenters. The van der Waals surface area contributed by atoms with Crippen LogP contribution in [0.4, 0.5) is 0 Å². The topological polar surface area (TPSA) is 88.6 Å². The lowest BCUT2D eigenvalue weighted by Crippen LogP contribution is -2.31. The second-order valence-corrected chi connectivity index (χ2v) is 5.08. The van der Waals surface area contributed by atoms with Crippen molar-refractivity contribution in [2.24, 2.45) is 0 Å². The van der Waals surface area contributed by atoms with Gasteiger partial charge in [0.15, 0.2) is 0 Å². The van der Waals surface area contributed by atoms with E-state index in [4.69, 9.17) is 9.15 Å². The Kier molecular flexibility index (Phi) is 5.97. The summed E-state index contributed by atoms with van der Waals surface area (Å²) >= 11 is 0. The predicted octanol–water partition coefficient (Wildman–Crippen LogP) is 1.55. The number of benzene rings is 1. The van der Waals surface area contributed by atoms with Crippen LogP contribution in [-0.2, 0) is 6.42 Å². The molecule has 0 saturated heterocycles. The fourth-order valence-electron chi connectivity index (χ4n) is 2.05. The van der Waals surface area contributed by atoms with Gasteiger partial charge >= 0.3 is 7.12 Å². The largest absolute Gasteiger partial charge is 0.494 e. The Labute approximate surface area is 130 Å². The zero-order valence-electron chi connectivity index (χ0n) is 13.0. The lowest BCUT2D eigenvalue weighted by molar-refractivity contribution is 0.309. The van der Waals surface area contributed by atoms with Crippen molar-refractivity contribution in [2.45, 2.75) is 39.5 Å². The van der Waals surface area contributed by atoms with E-state index in [1.54, 1.807) is 18.2 Å². The fraction of sp³-hybridized carbons (Fsp3) is 0.467. The van der Waals surface area contributed by atoms with Crippen molar-refractivity contribution < 1.29 is 19.2 Å². The first-order chi connectivity index (χ1) is 10.7. The molecule has 2 N–H and O–H groups in total. The van der Waals surface area contributed by atoms with Crippen LogP contribution in [0.15, 0.2) is 22.6 Å². The van der Waals surface area contributed by atoms with Crippen LogP contribution in [0.25, 0.3) is 11.5 Å². The van der Waals surface area contributed by atoms with Crippen molar-refractivity contribution in [3.63, 3.8) is 0 Å². The quantitative estimate of drug-likeness (QED) is 0.568. The van der Waals surface area contributed by atoms with E-state index in [0.717, 1.165) is 19.3 Å². The fourth-order valence-corrected chi connectivity index (χ4v) is 2.05. The number of aromatic nitrogens is 2. The Morgan fingerprint density at radius 3 is 2.68 bits per heavy atom. The van der Waals surface area contributed by atoms with E-state index < -0.39 is 7.12 Å². The molecule has 0 aliphatic heterocycles. The number of hydrogen-bond acceptors (Lipinski definition) is 6. The van der Waals surface area contributed by atoms with Gasteiger partial charge in [0.2, 0.25) is 11.8 Å². The van der Waals surface area contributed by atoms with Gasteiger partial charge in [0.05, 0.1) is 6.61 Å². The third-order valence-corrected chi connectivity index (χ3v) is 3.23. The monoisotopic (exact) mass is 304 g/mol. The Hall–Kier alpha value is -1.86. The molecule has 0 aliphatic carbocycles. The maximum Gasteiger partial charge on any atom is 0.489 e. The standard InChI is InChI=1S/C15H21BN2O4/c1-3-5-9-21-11-7-8-13(16(19)20)12(10-11)15-18-17-14(22-15)6-4-2/h7-8,10,19-20H,3-6,9H2,1-2H3. The van der Waals surface area contributed by atoms with Gasteiger partial charge in [0, 0.05) is 12.0 Å². The molecule has 118 valence electrons. The van der Waals surface area contributed by atoms with Gasteiger partial charge in [-0.15, -0.1) is 10.2 Å². The van der Waals surface area contributed by atoms with E-state index in [9.17, 15) is 10.0 Å². The molecule has 0 bridgehead atoms. The second kappa shape index (κ2) is 7.96. The van der Waals surface area contributed by atoms with Crippen molar-refractivity contribution in [1.82, 2.24) is 10.2 Å². The van der Waals surface area contributed by atoms with Crippen LogP contribution in [0.1, 0.15) is 39.0 Å². The Morgan fingerprint density at radius 2 is 2.00 bits per heavy atom. The smallest absolute Gasteiger partial charge is 0.489 e. The number of aryl methyl sites for hydroxylation is 1. The van der Waals surface area contributed by atoms with Crippen molar-refractivity contribution >= 4 is 12.6 Å². The maximum absolute atomic E-state index is 9.51. The molecule has 0 saturated carbocycles. The summed E-state index contributed by atoms with van der Waals surface area (Å²) in [5.41, 5.74) is 0.799. The van der Waals surface area contributed by atoms with E-state index in [0.29, 0.717) is 35.7 Å². The van der Waals surface area contributed by atoms with Gasteiger partial charge in [-0.1, -0.05) is 26.3 Å². The highest BCUT2D eigenvalue weighted by atomic mass is 16.5. The Bertz CT molecular complexity index is 601. The third kappa shape index (κ3) is 4.08. The zero-order valence-corrected chi connectivity index (χ0v) is 13.0. The third-order valence-electron chi connectivity index (χ3n) is 3.23.